The fraction of sp³-hybridized carbons (Fsp3) is 0.250. The van der Waals surface area contributed by atoms with Crippen LogP contribution in [0.4, 0.5) is 5.69 Å². The van der Waals surface area contributed by atoms with E-state index < -0.39 is 5.97 Å². The summed E-state index contributed by atoms with van der Waals surface area (Å²) in [6, 6.07) is 3.03. The van der Waals surface area contributed by atoms with Crippen molar-refractivity contribution in [2.45, 2.75) is 0 Å². The Morgan fingerprint density at radius 2 is 2.38 bits per heavy atom. The number of nitrogen functional groups attached to an aromatic ring is 1. The number of carbonyl (C=O) groups excluding carboxylic acids is 1. The van der Waals surface area contributed by atoms with E-state index in [4.69, 9.17) is 10.8 Å². The first-order valence-corrected chi connectivity index (χ1v) is 3.73. The van der Waals surface area contributed by atoms with Gasteiger partial charge in [0, 0.05) is 0 Å². The van der Waals surface area contributed by atoms with Crippen LogP contribution < -0.4 is 5.73 Å². The smallest absolute Gasteiger partial charge is 0.356 e. The Morgan fingerprint density at radius 1 is 1.62 bits per heavy atom. The number of aliphatic hydroxyl groups excluding tert-OH is 1. The third-order valence-electron chi connectivity index (χ3n) is 1.32. The Balaban J connectivity index is 2.61. The van der Waals surface area contributed by atoms with E-state index in [0.717, 1.165) is 0 Å². The van der Waals surface area contributed by atoms with E-state index in [9.17, 15) is 4.79 Å². The Kier molecular flexibility index (Phi) is 3.22. The molecule has 1 aromatic heterocycles. The number of nitrogens with two attached hydrogens (primary N) is 1. The van der Waals surface area contributed by atoms with Gasteiger partial charge in [-0.15, -0.1) is 0 Å². The molecule has 0 aliphatic heterocycles. The molecule has 1 aromatic rings. The number of esters is 1. The summed E-state index contributed by atoms with van der Waals surface area (Å²) in [6.07, 6.45) is 1.37. The minimum Gasteiger partial charge on any atom is -0.459 e. The monoisotopic (exact) mass is 182 g/mol. The summed E-state index contributed by atoms with van der Waals surface area (Å²) >= 11 is 0. The maximum Gasteiger partial charge on any atom is 0.356 e. The van der Waals surface area contributed by atoms with E-state index in [-0.39, 0.29) is 18.9 Å². The summed E-state index contributed by atoms with van der Waals surface area (Å²) in [5.41, 5.74) is 6.04. The van der Waals surface area contributed by atoms with E-state index in [0.29, 0.717) is 5.69 Å². The lowest BCUT2D eigenvalue weighted by molar-refractivity contribution is 0.0427. The topological polar surface area (TPSA) is 85.4 Å². The molecular weight excluding hydrogens is 172 g/mol. The molecule has 0 fully saturated rings. The molecule has 0 saturated heterocycles. The van der Waals surface area contributed by atoms with Crippen LogP contribution in [0, 0.1) is 0 Å². The fourth-order valence-electron chi connectivity index (χ4n) is 0.738. The molecular formula is C8H10N2O3. The summed E-state index contributed by atoms with van der Waals surface area (Å²) in [6.45, 7) is -0.217. The minimum atomic E-state index is -0.561. The van der Waals surface area contributed by atoms with Crippen molar-refractivity contribution >= 4 is 11.7 Å². The number of carbonyl (C=O) groups is 1. The van der Waals surface area contributed by atoms with E-state index in [1.54, 1.807) is 6.07 Å². The third kappa shape index (κ3) is 2.72. The van der Waals surface area contributed by atoms with Gasteiger partial charge in [0.1, 0.15) is 12.3 Å². The van der Waals surface area contributed by atoms with Gasteiger partial charge in [-0.1, -0.05) is 0 Å². The second-order valence-electron chi connectivity index (χ2n) is 2.34. The molecule has 0 unspecified atom stereocenters. The molecule has 0 bridgehead atoms. The number of hydrogen-bond donors (Lipinski definition) is 2. The van der Waals surface area contributed by atoms with Gasteiger partial charge in [0.25, 0.3) is 0 Å². The Morgan fingerprint density at radius 3 is 2.92 bits per heavy atom. The Labute approximate surface area is 75.2 Å². The van der Waals surface area contributed by atoms with Crippen LogP contribution in [-0.2, 0) is 4.74 Å². The zero-order valence-corrected chi connectivity index (χ0v) is 6.93. The molecule has 0 amide bonds. The van der Waals surface area contributed by atoms with E-state index in [1.807, 2.05) is 0 Å². The highest BCUT2D eigenvalue weighted by atomic mass is 16.5. The van der Waals surface area contributed by atoms with Gasteiger partial charge >= 0.3 is 5.97 Å². The quantitative estimate of drug-likeness (QED) is 0.633. The first-order valence-electron chi connectivity index (χ1n) is 3.73. The Bertz CT molecular complexity index is 284. The highest BCUT2D eigenvalue weighted by Gasteiger charge is 2.06. The predicted molar refractivity (Wildman–Crippen MR) is 46.0 cm³/mol. The van der Waals surface area contributed by atoms with E-state index >= 15 is 0 Å². The molecule has 3 N–H and O–H groups in total. The number of ether oxygens (including phenoxy) is 1. The minimum absolute atomic E-state index is 0.0229. The number of aliphatic hydroxyl groups is 1. The number of pyridine rings is 1. The molecule has 0 spiro atoms. The van der Waals surface area contributed by atoms with Crippen molar-refractivity contribution in [2.24, 2.45) is 0 Å². The summed E-state index contributed by atoms with van der Waals surface area (Å²) in [5, 5.41) is 8.39. The summed E-state index contributed by atoms with van der Waals surface area (Å²) < 4.78 is 4.62. The van der Waals surface area contributed by atoms with Crippen molar-refractivity contribution in [3.8, 4) is 0 Å². The molecule has 1 rings (SSSR count). The van der Waals surface area contributed by atoms with Gasteiger partial charge in [-0.25, -0.2) is 9.78 Å². The average Bonchev–Trinajstić information content (AvgIpc) is 2.15. The Hall–Kier alpha value is -1.62. The molecule has 13 heavy (non-hydrogen) atoms. The van der Waals surface area contributed by atoms with Crippen molar-refractivity contribution in [3.05, 3.63) is 24.0 Å². The van der Waals surface area contributed by atoms with Crippen LogP contribution in [0.25, 0.3) is 0 Å². The highest BCUT2D eigenvalue weighted by molar-refractivity contribution is 5.87. The largest absolute Gasteiger partial charge is 0.459 e. The van der Waals surface area contributed by atoms with Gasteiger partial charge in [-0.3, -0.25) is 0 Å². The molecule has 0 aliphatic carbocycles. The van der Waals surface area contributed by atoms with E-state index in [2.05, 4.69) is 9.72 Å². The molecule has 0 radical (unpaired) electrons. The normalized spacial score (nSPS) is 9.62. The third-order valence-corrected chi connectivity index (χ3v) is 1.32. The van der Waals surface area contributed by atoms with Crippen molar-refractivity contribution in [1.29, 1.82) is 0 Å². The first kappa shape index (κ1) is 9.47. The van der Waals surface area contributed by atoms with Crippen molar-refractivity contribution < 1.29 is 14.6 Å². The zero-order valence-electron chi connectivity index (χ0n) is 6.93. The van der Waals surface area contributed by atoms with Crippen LogP contribution in [0.5, 0.6) is 0 Å². The van der Waals surface area contributed by atoms with Crippen LogP contribution >= 0.6 is 0 Å². The van der Waals surface area contributed by atoms with Crippen molar-refractivity contribution in [2.75, 3.05) is 18.9 Å². The fourth-order valence-corrected chi connectivity index (χ4v) is 0.738. The second kappa shape index (κ2) is 4.42. The summed E-state index contributed by atoms with van der Waals surface area (Å²) in [7, 11) is 0. The zero-order chi connectivity index (χ0) is 9.68. The SMILES string of the molecule is Nc1ccc(C(=O)OCCO)nc1. The second-order valence-corrected chi connectivity index (χ2v) is 2.34. The molecule has 1 heterocycles. The predicted octanol–water partition coefficient (Wildman–Crippen LogP) is -0.187. The molecule has 5 nitrogen and oxygen atoms in total. The van der Waals surface area contributed by atoms with Gasteiger partial charge in [0.2, 0.25) is 0 Å². The van der Waals surface area contributed by atoms with E-state index in [1.165, 1.54) is 12.3 Å². The number of hydrogen-bond acceptors (Lipinski definition) is 5. The lowest BCUT2D eigenvalue weighted by atomic mass is 10.3. The number of rotatable bonds is 3. The number of aromatic nitrogens is 1. The van der Waals surface area contributed by atoms with Gasteiger partial charge in [0.05, 0.1) is 18.5 Å². The van der Waals surface area contributed by atoms with Gasteiger partial charge < -0.3 is 15.6 Å². The van der Waals surface area contributed by atoms with Crippen molar-refractivity contribution in [3.63, 3.8) is 0 Å². The first-order chi connectivity index (χ1) is 6.24. The molecule has 70 valence electrons. The van der Waals surface area contributed by atoms with Gasteiger partial charge in [-0.2, -0.15) is 0 Å². The number of nitrogens with zero attached hydrogens (tertiary/aromatic N) is 1. The molecule has 0 aromatic carbocycles. The molecule has 0 saturated carbocycles. The van der Waals surface area contributed by atoms with Crippen LogP contribution in [0.2, 0.25) is 0 Å². The number of anilines is 1. The lowest BCUT2D eigenvalue weighted by Crippen LogP contribution is -2.10. The summed E-state index contributed by atoms with van der Waals surface area (Å²) in [5.74, 6) is -0.561. The molecule has 5 heteroatoms. The van der Waals surface area contributed by atoms with Crippen LogP contribution in [0.15, 0.2) is 18.3 Å². The maximum absolute atomic E-state index is 11.1. The van der Waals surface area contributed by atoms with Crippen LogP contribution in [0.3, 0.4) is 0 Å². The van der Waals surface area contributed by atoms with Gasteiger partial charge in [-0.05, 0) is 12.1 Å². The van der Waals surface area contributed by atoms with Crippen molar-refractivity contribution in [1.82, 2.24) is 4.98 Å². The average molecular weight is 182 g/mol. The standard InChI is InChI=1S/C8H10N2O3/c9-6-1-2-7(10-5-6)8(12)13-4-3-11/h1-2,5,11H,3-4,9H2. The maximum atomic E-state index is 11.1. The van der Waals surface area contributed by atoms with Gasteiger partial charge in [0.15, 0.2) is 0 Å². The van der Waals surface area contributed by atoms with Crippen LogP contribution in [0.1, 0.15) is 10.5 Å². The summed E-state index contributed by atoms with van der Waals surface area (Å²) in [4.78, 5) is 14.8. The van der Waals surface area contributed by atoms with Crippen LogP contribution in [-0.4, -0.2) is 29.3 Å². The lowest BCUT2D eigenvalue weighted by Gasteiger charge is -2.01. The molecule has 0 aliphatic rings. The highest BCUT2D eigenvalue weighted by Crippen LogP contribution is 2.02. The molecule has 0 atom stereocenters.